The summed E-state index contributed by atoms with van der Waals surface area (Å²) in [6.07, 6.45) is 5.81. The maximum atomic E-state index is 12.4. The van der Waals surface area contributed by atoms with Gasteiger partial charge in [-0.2, -0.15) is 9.83 Å². The van der Waals surface area contributed by atoms with Crippen molar-refractivity contribution in [3.8, 4) is 5.88 Å². The number of ether oxygens (including phenoxy) is 1. The number of rotatable bonds is 3. The minimum atomic E-state index is -0.155. The Bertz CT molecular complexity index is 650. The molecule has 0 N–H and O–H groups in total. The molecule has 7 nitrogen and oxygen atoms in total. The molecule has 7 heteroatoms. The molecule has 2 aromatic rings. The van der Waals surface area contributed by atoms with Gasteiger partial charge in [0.15, 0.2) is 12.4 Å². The first-order valence-electron chi connectivity index (χ1n) is 7.15. The van der Waals surface area contributed by atoms with E-state index in [0.717, 1.165) is 12.8 Å². The molecule has 0 aliphatic carbocycles. The Morgan fingerprint density at radius 1 is 1.41 bits per heavy atom. The molecule has 2 aromatic heterocycles. The first-order valence-corrected chi connectivity index (χ1v) is 7.15. The molecule has 3 rings (SSSR count). The van der Waals surface area contributed by atoms with E-state index in [1.165, 1.54) is 12.4 Å². The summed E-state index contributed by atoms with van der Waals surface area (Å²) in [5.41, 5.74) is 0.387. The number of nitrogens with zero attached hydrogens (tertiary/aromatic N) is 4. The number of piperidine rings is 1. The lowest BCUT2D eigenvalue weighted by Gasteiger charge is -2.32. The van der Waals surface area contributed by atoms with E-state index in [2.05, 4.69) is 10.2 Å². The first kappa shape index (κ1) is 14.2. The normalized spacial score (nSPS) is 18.0. The third-order valence-electron chi connectivity index (χ3n) is 3.52. The van der Waals surface area contributed by atoms with E-state index in [0.29, 0.717) is 29.3 Å². The summed E-state index contributed by atoms with van der Waals surface area (Å²) in [6, 6.07) is 6.71. The Morgan fingerprint density at radius 2 is 2.32 bits per heavy atom. The SMILES string of the molecule is O=C(c1ccc[n+]([O-])c1)N1CCCC(Oc2cccnn2)C1. The van der Waals surface area contributed by atoms with Crippen LogP contribution in [0.1, 0.15) is 23.2 Å². The van der Waals surface area contributed by atoms with Gasteiger partial charge in [0.2, 0.25) is 5.88 Å². The molecule has 1 amide bonds. The number of aromatic nitrogens is 3. The molecule has 1 aliphatic heterocycles. The molecule has 3 heterocycles. The number of pyridine rings is 1. The molecule has 1 fully saturated rings. The van der Waals surface area contributed by atoms with Crippen LogP contribution in [-0.2, 0) is 0 Å². The van der Waals surface area contributed by atoms with Crippen LogP contribution in [0.15, 0.2) is 42.9 Å². The van der Waals surface area contributed by atoms with Gasteiger partial charge in [-0.1, -0.05) is 0 Å². The summed E-state index contributed by atoms with van der Waals surface area (Å²) in [6.45, 7) is 1.13. The topological polar surface area (TPSA) is 82.3 Å². The zero-order valence-electron chi connectivity index (χ0n) is 12.0. The van der Waals surface area contributed by atoms with E-state index in [-0.39, 0.29) is 12.0 Å². The maximum absolute atomic E-state index is 12.4. The summed E-state index contributed by atoms with van der Waals surface area (Å²) >= 11 is 0. The Labute approximate surface area is 127 Å². The van der Waals surface area contributed by atoms with Crippen LogP contribution in [0, 0.1) is 5.21 Å². The van der Waals surface area contributed by atoms with Crippen LogP contribution in [-0.4, -0.2) is 40.2 Å². The molecule has 1 unspecified atom stereocenters. The van der Waals surface area contributed by atoms with Crippen molar-refractivity contribution in [2.24, 2.45) is 0 Å². The van der Waals surface area contributed by atoms with Crippen molar-refractivity contribution in [1.29, 1.82) is 0 Å². The van der Waals surface area contributed by atoms with Crippen molar-refractivity contribution in [1.82, 2.24) is 15.1 Å². The standard InChI is InChI=1S/C15H16N4O3/c20-15(12-4-2-9-19(21)10-12)18-8-3-5-13(11-18)22-14-6-1-7-16-17-14/h1-2,4,6-7,9-10,13H,3,5,8,11H2. The predicted octanol–water partition coefficient (Wildman–Crippen LogP) is 0.794. The van der Waals surface area contributed by atoms with Crippen molar-refractivity contribution < 1.29 is 14.3 Å². The Kier molecular flexibility index (Phi) is 4.13. The highest BCUT2D eigenvalue weighted by Gasteiger charge is 2.26. The fourth-order valence-corrected chi connectivity index (χ4v) is 2.50. The molecule has 0 spiro atoms. The number of carbonyl (C=O) groups is 1. The molecular formula is C15H16N4O3. The summed E-state index contributed by atoms with van der Waals surface area (Å²) in [5, 5.41) is 18.9. The third kappa shape index (κ3) is 3.30. The average Bonchev–Trinajstić information content (AvgIpc) is 2.55. The van der Waals surface area contributed by atoms with E-state index in [1.807, 2.05) is 0 Å². The molecule has 0 bridgehead atoms. The lowest BCUT2D eigenvalue weighted by molar-refractivity contribution is -0.605. The van der Waals surface area contributed by atoms with Crippen LogP contribution in [0.3, 0.4) is 0 Å². The van der Waals surface area contributed by atoms with Crippen LogP contribution in [0.2, 0.25) is 0 Å². The highest BCUT2D eigenvalue weighted by Crippen LogP contribution is 2.17. The zero-order chi connectivity index (χ0) is 15.4. The second-order valence-corrected chi connectivity index (χ2v) is 5.15. The van der Waals surface area contributed by atoms with E-state index in [9.17, 15) is 10.0 Å². The number of hydrogen-bond donors (Lipinski definition) is 0. The van der Waals surface area contributed by atoms with E-state index in [4.69, 9.17) is 4.74 Å². The van der Waals surface area contributed by atoms with Gasteiger partial charge in [-0.05, 0) is 25.0 Å². The van der Waals surface area contributed by atoms with E-state index < -0.39 is 0 Å². The van der Waals surface area contributed by atoms with Crippen molar-refractivity contribution >= 4 is 5.91 Å². The quantitative estimate of drug-likeness (QED) is 0.618. The second kappa shape index (κ2) is 6.38. The molecular weight excluding hydrogens is 284 g/mol. The Hall–Kier alpha value is -2.70. The van der Waals surface area contributed by atoms with Gasteiger partial charge in [0.05, 0.1) is 6.54 Å². The zero-order valence-corrected chi connectivity index (χ0v) is 12.0. The Morgan fingerprint density at radius 3 is 3.09 bits per heavy atom. The highest BCUT2D eigenvalue weighted by atomic mass is 16.5. The molecule has 0 saturated carbocycles. The lowest BCUT2D eigenvalue weighted by atomic mass is 10.1. The monoisotopic (exact) mass is 300 g/mol. The Balaban J connectivity index is 1.66. The molecule has 0 aromatic carbocycles. The van der Waals surface area contributed by atoms with Crippen LogP contribution >= 0.6 is 0 Å². The molecule has 1 saturated heterocycles. The summed E-state index contributed by atoms with van der Waals surface area (Å²) in [7, 11) is 0. The average molecular weight is 300 g/mol. The fraction of sp³-hybridized carbons (Fsp3) is 0.333. The van der Waals surface area contributed by atoms with Crippen molar-refractivity contribution in [2.75, 3.05) is 13.1 Å². The van der Waals surface area contributed by atoms with Crippen LogP contribution in [0.5, 0.6) is 5.88 Å². The van der Waals surface area contributed by atoms with E-state index in [1.54, 1.807) is 35.4 Å². The van der Waals surface area contributed by atoms with Gasteiger partial charge in [0, 0.05) is 24.9 Å². The van der Waals surface area contributed by atoms with Gasteiger partial charge in [-0.3, -0.25) is 4.79 Å². The second-order valence-electron chi connectivity index (χ2n) is 5.15. The van der Waals surface area contributed by atoms with Gasteiger partial charge < -0.3 is 14.8 Å². The van der Waals surface area contributed by atoms with E-state index >= 15 is 0 Å². The molecule has 1 aliphatic rings. The lowest BCUT2D eigenvalue weighted by Crippen LogP contribution is -2.45. The van der Waals surface area contributed by atoms with Crippen LogP contribution in [0.4, 0.5) is 0 Å². The van der Waals surface area contributed by atoms with Crippen LogP contribution in [0.25, 0.3) is 0 Å². The predicted molar refractivity (Wildman–Crippen MR) is 77.0 cm³/mol. The smallest absolute Gasteiger partial charge is 0.260 e. The fourth-order valence-electron chi connectivity index (χ4n) is 2.50. The summed E-state index contributed by atoms with van der Waals surface area (Å²) in [5.74, 6) is 0.302. The molecule has 114 valence electrons. The molecule has 22 heavy (non-hydrogen) atoms. The number of hydrogen-bond acceptors (Lipinski definition) is 5. The van der Waals surface area contributed by atoms with Gasteiger partial charge in [0.1, 0.15) is 11.7 Å². The van der Waals surface area contributed by atoms with Crippen molar-refractivity contribution in [2.45, 2.75) is 18.9 Å². The number of likely N-dealkylation sites (tertiary alicyclic amines) is 1. The van der Waals surface area contributed by atoms with Crippen molar-refractivity contribution in [3.63, 3.8) is 0 Å². The third-order valence-corrected chi connectivity index (χ3v) is 3.52. The first-order chi connectivity index (χ1) is 10.7. The number of carbonyl (C=O) groups excluding carboxylic acids is 1. The highest BCUT2D eigenvalue weighted by molar-refractivity contribution is 5.93. The number of amides is 1. The van der Waals surface area contributed by atoms with Gasteiger partial charge in [-0.15, -0.1) is 5.10 Å². The summed E-state index contributed by atoms with van der Waals surface area (Å²) < 4.78 is 6.39. The largest absolute Gasteiger partial charge is 0.619 e. The molecule has 1 atom stereocenters. The van der Waals surface area contributed by atoms with Crippen molar-refractivity contribution in [3.05, 3.63) is 53.6 Å². The minimum Gasteiger partial charge on any atom is -0.619 e. The maximum Gasteiger partial charge on any atom is 0.260 e. The van der Waals surface area contributed by atoms with Gasteiger partial charge in [-0.25, -0.2) is 0 Å². The molecule has 0 radical (unpaired) electrons. The minimum absolute atomic E-state index is 0.113. The summed E-state index contributed by atoms with van der Waals surface area (Å²) in [4.78, 5) is 14.1. The van der Waals surface area contributed by atoms with Gasteiger partial charge in [0.25, 0.3) is 5.91 Å². The van der Waals surface area contributed by atoms with Crippen LogP contribution < -0.4 is 9.47 Å². The van der Waals surface area contributed by atoms with Gasteiger partial charge >= 0.3 is 0 Å².